The van der Waals surface area contributed by atoms with Crippen molar-refractivity contribution in [2.24, 2.45) is 28.2 Å². The number of aryl methyl sites for hydroxylation is 4. The van der Waals surface area contributed by atoms with Gasteiger partial charge in [-0.15, -0.1) is 0 Å². The van der Waals surface area contributed by atoms with E-state index in [1.165, 1.54) is 0 Å². The number of hydrogen-bond acceptors (Lipinski definition) is 10. The summed E-state index contributed by atoms with van der Waals surface area (Å²) in [5.41, 5.74) is 5.03. The van der Waals surface area contributed by atoms with Crippen molar-refractivity contribution < 1.29 is 37.2 Å². The van der Waals surface area contributed by atoms with Crippen LogP contribution in [0.5, 0.6) is 46.5 Å². The highest BCUT2D eigenvalue weighted by atomic mass is 16.5. The molecule has 9 heterocycles. The lowest BCUT2D eigenvalue weighted by atomic mass is 10.1. The summed E-state index contributed by atoms with van der Waals surface area (Å²) in [6, 6.07) is 46.6. The molecule has 0 radical (unpaired) electrons. The topological polar surface area (TPSA) is 161 Å². The number of nitrogens with zero attached hydrogens (tertiary/aromatic N) is 10. The molecule has 2 N–H and O–H groups in total. The molecule has 346 valence electrons. The molecular weight excluding hydrogens is 905 g/mol. The molecule has 0 saturated carbocycles. The Morgan fingerprint density at radius 3 is 0.958 bits per heavy atom. The van der Waals surface area contributed by atoms with Crippen molar-refractivity contribution in [2.45, 2.75) is 0 Å². The zero-order chi connectivity index (χ0) is 48.5. The van der Waals surface area contributed by atoms with Crippen LogP contribution in [0.25, 0.3) is 89.7 Å². The van der Waals surface area contributed by atoms with Gasteiger partial charge in [0.05, 0.1) is 24.3 Å². The van der Waals surface area contributed by atoms with Crippen LogP contribution in [-0.4, -0.2) is 39.9 Å². The third-order valence-electron chi connectivity index (χ3n) is 12.6. The normalized spacial score (nSPS) is 11.6. The number of benzene rings is 4. The van der Waals surface area contributed by atoms with E-state index in [-0.39, 0.29) is 0 Å². The van der Waals surface area contributed by atoms with E-state index in [2.05, 4.69) is 9.97 Å². The van der Waals surface area contributed by atoms with Crippen LogP contribution in [0.15, 0.2) is 170 Å². The van der Waals surface area contributed by atoms with Crippen molar-refractivity contribution in [3.8, 4) is 92.1 Å². The Bertz CT molecular complexity index is 3940. The largest absolute Gasteiger partial charge is 0.405 e. The molecule has 0 saturated heterocycles. The molecule has 11 aromatic rings. The van der Waals surface area contributed by atoms with Gasteiger partial charge in [-0.2, -0.15) is 18.3 Å². The van der Waals surface area contributed by atoms with Gasteiger partial charge in [0.2, 0.25) is 0 Å². The Morgan fingerprint density at radius 2 is 0.611 bits per heavy atom. The van der Waals surface area contributed by atoms with Gasteiger partial charge in [0.25, 0.3) is 0 Å². The van der Waals surface area contributed by atoms with E-state index in [1.54, 1.807) is 0 Å². The molecule has 16 nitrogen and oxygen atoms in total. The van der Waals surface area contributed by atoms with E-state index in [0.717, 1.165) is 43.8 Å². The van der Waals surface area contributed by atoms with Gasteiger partial charge in [0.1, 0.15) is 73.8 Å². The lowest BCUT2D eigenvalue weighted by molar-refractivity contribution is -0.676. The fourth-order valence-corrected chi connectivity index (χ4v) is 8.90. The first kappa shape index (κ1) is 42.2. The molecule has 0 aliphatic carbocycles. The molecule has 7 aromatic heterocycles. The predicted molar refractivity (Wildman–Crippen MR) is 267 cm³/mol. The quantitative estimate of drug-likeness (QED) is 0.141. The SMILES string of the molecule is C[n+]1ccccc1Oc1ccc2c(c1)-c1nc-2nc2[nH]c(nc3nc(nc4[nH]c(n1)c1ccc(Oc5cccc[n+]5C)cc41)-c1ccc(Oc4cccc[n+]4C)cc1-3)c1ccc(Oc3cccc[n+]3C)cc21. The Kier molecular flexibility index (Phi) is 9.91. The molecule has 0 amide bonds. The van der Waals surface area contributed by atoms with Crippen molar-refractivity contribution >= 4 is 44.1 Å². The maximum absolute atomic E-state index is 6.45. The fourth-order valence-electron chi connectivity index (χ4n) is 8.90. The molecule has 72 heavy (non-hydrogen) atoms. The highest BCUT2D eigenvalue weighted by Gasteiger charge is 2.25. The highest BCUT2D eigenvalue weighted by Crippen LogP contribution is 2.41. The zero-order valence-corrected chi connectivity index (χ0v) is 39.3. The minimum absolute atomic E-state index is 0.421. The number of hydrogen-bond donors (Lipinski definition) is 2. The van der Waals surface area contributed by atoms with Gasteiger partial charge < -0.3 is 28.9 Å². The molecule has 0 spiro atoms. The molecular formula is C56H42N12O4+4. The average Bonchev–Trinajstić information content (AvgIpc) is 4.12. The minimum atomic E-state index is 0.421. The molecule has 2 aliphatic heterocycles. The molecule has 0 fully saturated rings. The van der Waals surface area contributed by atoms with E-state index in [4.69, 9.17) is 48.9 Å². The summed E-state index contributed by atoms with van der Waals surface area (Å²) in [6.07, 6.45) is 7.75. The van der Waals surface area contributed by atoms with E-state index < -0.39 is 0 Å². The van der Waals surface area contributed by atoms with Gasteiger partial charge in [-0.1, -0.05) is 0 Å². The van der Waals surface area contributed by atoms with Crippen molar-refractivity contribution in [2.75, 3.05) is 0 Å². The third kappa shape index (κ3) is 7.59. The second kappa shape index (κ2) is 16.9. The Balaban J connectivity index is 1.08. The second-order valence-electron chi connectivity index (χ2n) is 17.4. The molecule has 16 heteroatoms. The summed E-state index contributed by atoms with van der Waals surface area (Å²) in [5.74, 6) is 6.80. The number of rotatable bonds is 8. The summed E-state index contributed by atoms with van der Waals surface area (Å²) >= 11 is 0. The Labute approximate surface area is 410 Å². The van der Waals surface area contributed by atoms with Crippen LogP contribution >= 0.6 is 0 Å². The maximum Gasteiger partial charge on any atom is 0.372 e. The van der Waals surface area contributed by atoms with E-state index in [1.807, 2.05) is 217 Å². The smallest absolute Gasteiger partial charge is 0.372 e. The number of H-pyrrole nitrogens is 2. The molecule has 8 bridgehead atoms. The van der Waals surface area contributed by atoms with Gasteiger partial charge in [-0.05, 0) is 97.1 Å². The van der Waals surface area contributed by atoms with Crippen molar-refractivity contribution in [3.63, 3.8) is 0 Å². The monoisotopic (exact) mass is 946 g/mol. The summed E-state index contributed by atoms with van der Waals surface area (Å²) in [4.78, 5) is 38.6. The van der Waals surface area contributed by atoms with E-state index in [9.17, 15) is 0 Å². The Morgan fingerprint density at radius 1 is 0.306 bits per heavy atom. The van der Waals surface area contributed by atoms with Crippen molar-refractivity contribution in [1.82, 2.24) is 39.9 Å². The minimum Gasteiger partial charge on any atom is -0.405 e. The molecule has 0 unspecified atom stereocenters. The number of aromatic amines is 2. The Hall–Kier alpha value is -9.96. The van der Waals surface area contributed by atoms with Crippen LogP contribution in [0, 0.1) is 0 Å². The first-order valence-corrected chi connectivity index (χ1v) is 23.1. The fraction of sp³-hybridized carbons (Fsp3) is 0.0714. The lowest BCUT2D eigenvalue weighted by Crippen LogP contribution is -2.28. The van der Waals surface area contributed by atoms with Gasteiger partial charge in [0.15, 0.2) is 48.1 Å². The van der Waals surface area contributed by atoms with Crippen LogP contribution in [0.4, 0.5) is 0 Å². The lowest BCUT2D eigenvalue weighted by Gasteiger charge is -2.05. The zero-order valence-electron chi connectivity index (χ0n) is 39.3. The van der Waals surface area contributed by atoms with Crippen LogP contribution in [0.2, 0.25) is 0 Å². The van der Waals surface area contributed by atoms with Crippen molar-refractivity contribution in [3.05, 3.63) is 170 Å². The molecule has 0 atom stereocenters. The number of pyridine rings is 4. The summed E-state index contributed by atoms with van der Waals surface area (Å²) in [6.45, 7) is 0. The number of nitrogens with one attached hydrogen (secondary N) is 2. The average molecular weight is 947 g/mol. The van der Waals surface area contributed by atoms with Gasteiger partial charge in [-0.25, -0.2) is 29.9 Å². The number of ether oxygens (including phenoxy) is 4. The van der Waals surface area contributed by atoms with Crippen LogP contribution in [-0.2, 0) is 28.2 Å². The number of aromatic nitrogens is 12. The molecule has 2 aliphatic rings. The highest BCUT2D eigenvalue weighted by molar-refractivity contribution is 6.07. The standard InChI is InChI=1S/C56H42N12O4/c1-65-25-9-5-13-45(65)69-33-17-21-37-41(29-33)53-57-49(37)62-54-43-31-35(71-47-15-7-11-27-67(47)3)19-23-39(43)51(59-54)64-56-44-32-36(72-48-16-8-12-28-68(48)4)20-24-40(44)52(60-56)63-55-42-30-34(18-22-38(42)50(58-55)61-53)70-46-14-6-10-26-66(46)2/h5-32H,1-4H3,(H2,57,58,59,60,61,62,63,64)/q+4. The first-order valence-electron chi connectivity index (χ1n) is 23.1. The first-order chi connectivity index (χ1) is 35.2. The maximum atomic E-state index is 6.45. The molecule has 13 rings (SSSR count). The van der Waals surface area contributed by atoms with Gasteiger partial charge in [0, 0.05) is 68.1 Å². The van der Waals surface area contributed by atoms with Gasteiger partial charge in [-0.3, -0.25) is 0 Å². The van der Waals surface area contributed by atoms with Crippen LogP contribution < -0.4 is 37.2 Å². The van der Waals surface area contributed by atoms with Crippen molar-refractivity contribution in [1.29, 1.82) is 0 Å². The van der Waals surface area contributed by atoms with E-state index >= 15 is 0 Å². The van der Waals surface area contributed by atoms with Crippen LogP contribution in [0.1, 0.15) is 0 Å². The summed E-state index contributed by atoms with van der Waals surface area (Å²) < 4.78 is 33.4. The van der Waals surface area contributed by atoms with E-state index in [0.29, 0.717) is 92.4 Å². The van der Waals surface area contributed by atoms with Gasteiger partial charge >= 0.3 is 23.5 Å². The predicted octanol–water partition coefficient (Wildman–Crippen LogP) is 9.34. The third-order valence-corrected chi connectivity index (χ3v) is 12.6. The van der Waals surface area contributed by atoms with Crippen LogP contribution in [0.3, 0.4) is 0 Å². The number of fused-ring (bicyclic) bond motifs is 20. The summed E-state index contributed by atoms with van der Waals surface area (Å²) in [5, 5.41) is 3.08. The summed E-state index contributed by atoms with van der Waals surface area (Å²) in [7, 11) is 7.75. The molecule has 4 aromatic carbocycles. The second-order valence-corrected chi connectivity index (χ2v) is 17.4.